The summed E-state index contributed by atoms with van der Waals surface area (Å²) in [7, 11) is -4.25. The Hall–Kier alpha value is -3.61. The van der Waals surface area contributed by atoms with Gasteiger partial charge in [0.25, 0.3) is 10.0 Å². The molecule has 3 aromatic rings. The van der Waals surface area contributed by atoms with Gasteiger partial charge in [0.1, 0.15) is 5.82 Å². The Balaban J connectivity index is 1.44. The van der Waals surface area contributed by atoms with Gasteiger partial charge in [0, 0.05) is 35.8 Å². The Morgan fingerprint density at radius 3 is 2.46 bits per heavy atom. The molecule has 1 aliphatic carbocycles. The van der Waals surface area contributed by atoms with Crippen molar-refractivity contribution < 1.29 is 31.4 Å². The highest BCUT2D eigenvalue weighted by atomic mass is 32.2. The fourth-order valence-corrected chi connectivity index (χ4v) is 6.31. The van der Waals surface area contributed by atoms with E-state index in [2.05, 4.69) is 16.4 Å². The number of hydrogen-bond donors (Lipinski definition) is 0. The minimum atomic E-state index is -4.25. The molecule has 1 atom stereocenters. The van der Waals surface area contributed by atoms with Crippen LogP contribution in [0.2, 0.25) is 0 Å². The van der Waals surface area contributed by atoms with Crippen molar-refractivity contribution in [1.82, 2.24) is 14.8 Å². The van der Waals surface area contributed by atoms with E-state index in [1.807, 2.05) is 18.7 Å². The standard InChI is InChI=1S/C28H32F3N5O4S/c1-19-17-26(2,3)35(18-19)24-21(25(37)34-41(38,39)20-7-5-4-6-8-20)9-10-22(32-24)36-15-11-23(33-36)40-16-14-27(12-13-27)28(29,30)31/h4-11,15,19H,12-14,16-18H2,1-3H3,(H,34,37)/p-1/t19-/m0/s1. The average Bonchev–Trinajstić information content (AvgIpc) is 3.47. The van der Waals surface area contributed by atoms with Gasteiger partial charge in [-0.2, -0.15) is 26.0 Å². The number of ether oxygens (including phenoxy) is 1. The number of rotatable bonds is 9. The molecule has 9 nitrogen and oxygen atoms in total. The zero-order chi connectivity index (χ0) is 29.6. The normalized spacial score (nSPS) is 20.3. The van der Waals surface area contributed by atoms with Gasteiger partial charge in [-0.25, -0.2) is 9.67 Å². The number of alkyl halides is 3. The smallest absolute Gasteiger partial charge is 0.394 e. The van der Waals surface area contributed by atoms with Crippen molar-refractivity contribution in [2.75, 3.05) is 18.1 Å². The zero-order valence-electron chi connectivity index (χ0n) is 22.9. The highest BCUT2D eigenvalue weighted by Gasteiger charge is 2.62. The monoisotopic (exact) mass is 590 g/mol. The van der Waals surface area contributed by atoms with Crippen molar-refractivity contribution in [3.8, 4) is 11.7 Å². The largest absolute Gasteiger partial charge is 0.858 e. The number of pyridine rings is 1. The summed E-state index contributed by atoms with van der Waals surface area (Å²) in [4.78, 5) is 6.57. The van der Waals surface area contributed by atoms with Gasteiger partial charge in [-0.05, 0) is 69.7 Å². The quantitative estimate of drug-likeness (QED) is 0.266. The van der Waals surface area contributed by atoms with Crippen LogP contribution in [-0.2, 0) is 10.0 Å². The van der Waals surface area contributed by atoms with Gasteiger partial charge in [0.15, 0.2) is 5.82 Å². The topological polar surface area (TPSA) is 113 Å². The van der Waals surface area contributed by atoms with Crippen LogP contribution in [0.25, 0.3) is 5.82 Å². The minimum absolute atomic E-state index is 0.0287. The molecule has 1 saturated carbocycles. The summed E-state index contributed by atoms with van der Waals surface area (Å²) in [5, 5.41) is 17.6. The Kier molecular flexibility index (Phi) is 7.29. The zero-order valence-corrected chi connectivity index (χ0v) is 23.7. The first kappa shape index (κ1) is 28.9. The fourth-order valence-electron chi connectivity index (χ4n) is 5.39. The molecule has 1 aliphatic heterocycles. The van der Waals surface area contributed by atoms with E-state index in [0.29, 0.717) is 18.3 Å². The minimum Gasteiger partial charge on any atom is -0.858 e. The Morgan fingerprint density at radius 2 is 1.85 bits per heavy atom. The number of hydrogen-bond acceptors (Lipinski definition) is 7. The number of halogens is 3. The molecule has 1 saturated heterocycles. The molecule has 2 fully saturated rings. The number of sulfonamides is 1. The van der Waals surface area contributed by atoms with Gasteiger partial charge in [-0.3, -0.25) is 0 Å². The van der Waals surface area contributed by atoms with Crippen molar-refractivity contribution in [2.45, 2.75) is 63.1 Å². The van der Waals surface area contributed by atoms with Crippen LogP contribution in [0.5, 0.6) is 5.88 Å². The molecule has 220 valence electrons. The summed E-state index contributed by atoms with van der Waals surface area (Å²) >= 11 is 0. The highest BCUT2D eigenvalue weighted by Crippen LogP contribution is 2.59. The van der Waals surface area contributed by atoms with Crippen molar-refractivity contribution in [3.05, 3.63) is 60.3 Å². The predicted molar refractivity (Wildman–Crippen MR) is 145 cm³/mol. The van der Waals surface area contributed by atoms with Crippen molar-refractivity contribution in [2.24, 2.45) is 15.7 Å². The maximum Gasteiger partial charge on any atom is 0.394 e. The summed E-state index contributed by atoms with van der Waals surface area (Å²) in [6.45, 7) is 6.58. The van der Waals surface area contributed by atoms with Gasteiger partial charge < -0.3 is 14.7 Å². The summed E-state index contributed by atoms with van der Waals surface area (Å²) in [5.41, 5.74) is -2.01. The van der Waals surface area contributed by atoms with Gasteiger partial charge >= 0.3 is 6.18 Å². The van der Waals surface area contributed by atoms with Crippen molar-refractivity contribution >= 4 is 21.7 Å². The molecule has 0 unspecified atom stereocenters. The maximum atomic E-state index is 13.3. The summed E-state index contributed by atoms with van der Waals surface area (Å²) < 4.78 is 75.7. The van der Waals surface area contributed by atoms with E-state index < -0.39 is 27.5 Å². The van der Waals surface area contributed by atoms with Crippen LogP contribution in [0.4, 0.5) is 19.0 Å². The molecule has 3 heterocycles. The number of anilines is 1. The van der Waals surface area contributed by atoms with E-state index in [-0.39, 0.29) is 53.6 Å². The van der Waals surface area contributed by atoms with Gasteiger partial charge in [-0.15, -0.1) is 5.10 Å². The molecule has 0 spiro atoms. The molecule has 41 heavy (non-hydrogen) atoms. The lowest BCUT2D eigenvalue weighted by atomic mass is 9.97. The van der Waals surface area contributed by atoms with Gasteiger partial charge in [0.2, 0.25) is 5.88 Å². The van der Waals surface area contributed by atoms with E-state index in [4.69, 9.17) is 9.72 Å². The third kappa shape index (κ3) is 5.90. The third-order valence-electron chi connectivity index (χ3n) is 7.75. The first-order valence-corrected chi connectivity index (χ1v) is 14.8. The molecule has 5 rings (SSSR count). The second-order valence-electron chi connectivity index (χ2n) is 11.4. The SMILES string of the molecule is C[C@@H]1CN(c2nc(-n3ccc(OCCC4(C(F)(F)F)CC4)n3)ccc2/C([O-])=N/S(=O)(=O)c2ccccc2)C(C)(C)C1. The molecule has 0 bridgehead atoms. The van der Waals surface area contributed by atoms with Gasteiger partial charge in [-0.1, -0.05) is 25.1 Å². The van der Waals surface area contributed by atoms with Crippen LogP contribution >= 0.6 is 0 Å². The van der Waals surface area contributed by atoms with E-state index in [1.54, 1.807) is 24.4 Å². The fraction of sp³-hybridized carbons (Fsp3) is 0.464. The van der Waals surface area contributed by atoms with Crippen LogP contribution in [0.3, 0.4) is 0 Å². The lowest BCUT2D eigenvalue weighted by Crippen LogP contribution is -2.40. The first-order chi connectivity index (χ1) is 19.2. The van der Waals surface area contributed by atoms with Crippen LogP contribution < -0.4 is 14.7 Å². The van der Waals surface area contributed by atoms with E-state index >= 15 is 0 Å². The molecule has 0 N–H and O–H groups in total. The number of aromatic nitrogens is 3. The molecular formula is C28H31F3N5O4S-. The Morgan fingerprint density at radius 1 is 1.15 bits per heavy atom. The van der Waals surface area contributed by atoms with Gasteiger partial charge in [0.05, 0.1) is 16.9 Å². The molecular weight excluding hydrogens is 559 g/mol. The summed E-state index contributed by atoms with van der Waals surface area (Å²) in [6, 6.07) is 12.0. The Bertz CT molecular complexity index is 1550. The summed E-state index contributed by atoms with van der Waals surface area (Å²) in [6.07, 6.45) is -1.79. The molecule has 13 heteroatoms. The highest BCUT2D eigenvalue weighted by molar-refractivity contribution is 7.90. The lowest BCUT2D eigenvalue weighted by Gasteiger charge is -2.34. The van der Waals surface area contributed by atoms with Crippen LogP contribution in [0.1, 0.15) is 52.0 Å². The van der Waals surface area contributed by atoms with Crippen molar-refractivity contribution in [1.29, 1.82) is 0 Å². The average molecular weight is 591 g/mol. The second kappa shape index (κ2) is 10.3. The van der Waals surface area contributed by atoms with E-state index in [0.717, 1.165) is 6.42 Å². The molecule has 0 radical (unpaired) electrons. The predicted octanol–water partition coefficient (Wildman–Crippen LogP) is 4.50. The van der Waals surface area contributed by atoms with E-state index in [9.17, 15) is 26.7 Å². The molecule has 2 aromatic heterocycles. The summed E-state index contributed by atoms with van der Waals surface area (Å²) in [5.74, 6) is 0.0841. The third-order valence-corrected chi connectivity index (χ3v) is 9.02. The number of benzene rings is 1. The van der Waals surface area contributed by atoms with Crippen LogP contribution in [-0.4, -0.2) is 53.9 Å². The second-order valence-corrected chi connectivity index (χ2v) is 13.0. The molecule has 0 amide bonds. The van der Waals surface area contributed by atoms with E-state index in [1.165, 1.54) is 35.0 Å². The molecule has 1 aromatic carbocycles. The molecule has 2 aliphatic rings. The Labute approximate surface area is 236 Å². The first-order valence-electron chi connectivity index (χ1n) is 13.3. The van der Waals surface area contributed by atoms with Crippen LogP contribution in [0.15, 0.2) is 64.0 Å². The lowest BCUT2D eigenvalue weighted by molar-refractivity contribution is -0.212. The van der Waals surface area contributed by atoms with Crippen molar-refractivity contribution in [3.63, 3.8) is 0 Å². The number of nitrogens with zero attached hydrogens (tertiary/aromatic N) is 5. The maximum absolute atomic E-state index is 13.3. The van der Waals surface area contributed by atoms with Crippen LogP contribution in [0, 0.1) is 11.3 Å².